The first-order chi connectivity index (χ1) is 12.4. The lowest BCUT2D eigenvalue weighted by Gasteiger charge is -2.09. The fourth-order valence-electron chi connectivity index (χ4n) is 2.27. The van der Waals surface area contributed by atoms with Crippen molar-refractivity contribution in [3.05, 3.63) is 92.3 Å². The molecule has 0 spiro atoms. The molecule has 5 nitrogen and oxygen atoms in total. The van der Waals surface area contributed by atoms with Gasteiger partial charge >= 0.3 is 0 Å². The minimum atomic E-state index is -0.667. The number of halogens is 3. The molecule has 132 valence electrons. The second-order valence-electron chi connectivity index (χ2n) is 5.42. The van der Waals surface area contributed by atoms with E-state index >= 15 is 0 Å². The predicted octanol–water partition coefficient (Wildman–Crippen LogP) is 3.58. The van der Waals surface area contributed by atoms with Gasteiger partial charge in [-0.1, -0.05) is 28.1 Å². The summed E-state index contributed by atoms with van der Waals surface area (Å²) < 4.78 is 28.7. The highest BCUT2D eigenvalue weighted by Crippen LogP contribution is 2.19. The first-order valence-corrected chi connectivity index (χ1v) is 8.31. The molecule has 3 rings (SSSR count). The van der Waals surface area contributed by atoms with Crippen molar-refractivity contribution < 1.29 is 13.6 Å². The lowest BCUT2D eigenvalue weighted by molar-refractivity contribution is 0.101. The van der Waals surface area contributed by atoms with Gasteiger partial charge in [0, 0.05) is 10.5 Å². The molecule has 1 aromatic heterocycles. The van der Waals surface area contributed by atoms with Crippen molar-refractivity contribution in [2.45, 2.75) is 6.54 Å². The number of nitrogens with one attached hydrogen (secondary N) is 1. The van der Waals surface area contributed by atoms with Crippen molar-refractivity contribution in [3.8, 4) is 0 Å². The van der Waals surface area contributed by atoms with Crippen LogP contribution in [0.15, 0.2) is 63.9 Å². The summed E-state index contributed by atoms with van der Waals surface area (Å²) in [4.78, 5) is 24.2. The number of amides is 1. The van der Waals surface area contributed by atoms with Crippen LogP contribution < -0.4 is 10.9 Å². The number of carbonyl (C=O) groups is 1. The molecule has 1 N–H and O–H groups in total. The molecule has 0 radical (unpaired) electrons. The van der Waals surface area contributed by atoms with Gasteiger partial charge < -0.3 is 5.32 Å². The highest BCUT2D eigenvalue weighted by atomic mass is 79.9. The van der Waals surface area contributed by atoms with Crippen molar-refractivity contribution in [2.75, 3.05) is 5.32 Å². The largest absolute Gasteiger partial charge is 0.318 e. The van der Waals surface area contributed by atoms with Gasteiger partial charge in [-0.25, -0.2) is 13.5 Å². The Morgan fingerprint density at radius 2 is 1.92 bits per heavy atom. The fraction of sp³-hybridized carbons (Fsp3) is 0.0556. The van der Waals surface area contributed by atoms with Gasteiger partial charge in [-0.3, -0.25) is 9.59 Å². The van der Waals surface area contributed by atoms with E-state index in [4.69, 9.17) is 0 Å². The van der Waals surface area contributed by atoms with Crippen molar-refractivity contribution in [1.29, 1.82) is 0 Å². The molecule has 0 fully saturated rings. The summed E-state index contributed by atoms with van der Waals surface area (Å²) in [6.45, 7) is 0.00432. The van der Waals surface area contributed by atoms with Crippen LogP contribution in [-0.4, -0.2) is 15.7 Å². The van der Waals surface area contributed by atoms with Crippen LogP contribution in [0.2, 0.25) is 0 Å². The minimum absolute atomic E-state index is 0.00432. The number of benzene rings is 2. The van der Waals surface area contributed by atoms with E-state index in [-0.39, 0.29) is 17.9 Å². The summed E-state index contributed by atoms with van der Waals surface area (Å²) in [6, 6.07) is 12.3. The molecule has 0 aliphatic carbocycles. The zero-order valence-corrected chi connectivity index (χ0v) is 14.8. The second kappa shape index (κ2) is 7.57. The van der Waals surface area contributed by atoms with E-state index < -0.39 is 23.1 Å². The molecule has 2 aromatic carbocycles. The summed E-state index contributed by atoms with van der Waals surface area (Å²) in [7, 11) is 0. The molecule has 0 saturated carbocycles. The van der Waals surface area contributed by atoms with E-state index in [1.807, 2.05) is 0 Å². The molecule has 0 bridgehead atoms. The Labute approximate surface area is 155 Å². The standard InChI is InChI=1S/C18H12BrF2N3O2/c19-12-4-5-15(14(21)9-12)22-18(26)16-6-7-17(25)24(23-16)10-11-2-1-3-13(20)8-11/h1-9H,10H2,(H,22,26). The number of nitrogens with zero attached hydrogens (tertiary/aromatic N) is 2. The lowest BCUT2D eigenvalue weighted by Crippen LogP contribution is -2.26. The molecule has 0 saturated heterocycles. The Balaban J connectivity index is 1.84. The number of anilines is 1. The fourth-order valence-corrected chi connectivity index (χ4v) is 2.60. The summed E-state index contributed by atoms with van der Waals surface area (Å²) in [5.74, 6) is -1.71. The Morgan fingerprint density at radius 1 is 1.12 bits per heavy atom. The third-order valence-electron chi connectivity index (χ3n) is 3.50. The van der Waals surface area contributed by atoms with E-state index in [0.717, 1.165) is 4.68 Å². The van der Waals surface area contributed by atoms with Crippen LogP contribution >= 0.6 is 15.9 Å². The normalized spacial score (nSPS) is 10.6. The molecule has 0 aliphatic rings. The van der Waals surface area contributed by atoms with E-state index in [9.17, 15) is 18.4 Å². The average Bonchev–Trinajstić information content (AvgIpc) is 2.59. The van der Waals surface area contributed by atoms with Crippen LogP contribution in [0.4, 0.5) is 14.5 Å². The van der Waals surface area contributed by atoms with Gasteiger partial charge in [0.1, 0.15) is 17.3 Å². The van der Waals surface area contributed by atoms with Crippen molar-refractivity contribution in [3.63, 3.8) is 0 Å². The van der Waals surface area contributed by atoms with Crippen LogP contribution in [0.25, 0.3) is 0 Å². The predicted molar refractivity (Wildman–Crippen MR) is 96.1 cm³/mol. The SMILES string of the molecule is O=C(Nc1ccc(Br)cc1F)c1ccc(=O)n(Cc2cccc(F)c2)n1. The van der Waals surface area contributed by atoms with Gasteiger partial charge in [-0.05, 0) is 42.0 Å². The maximum atomic E-state index is 13.8. The van der Waals surface area contributed by atoms with Gasteiger partial charge in [0.15, 0.2) is 0 Å². The average molecular weight is 420 g/mol. The second-order valence-corrected chi connectivity index (χ2v) is 6.34. The van der Waals surface area contributed by atoms with E-state index in [1.54, 1.807) is 12.1 Å². The molecule has 0 unspecified atom stereocenters. The quantitative estimate of drug-likeness (QED) is 0.702. The highest BCUT2D eigenvalue weighted by Gasteiger charge is 2.13. The zero-order chi connectivity index (χ0) is 18.7. The summed E-state index contributed by atoms with van der Waals surface area (Å²) >= 11 is 3.13. The van der Waals surface area contributed by atoms with Gasteiger partial charge in [0.25, 0.3) is 11.5 Å². The van der Waals surface area contributed by atoms with Crippen LogP contribution in [0, 0.1) is 11.6 Å². The number of rotatable bonds is 4. The molecule has 3 aromatic rings. The van der Waals surface area contributed by atoms with E-state index in [0.29, 0.717) is 10.0 Å². The van der Waals surface area contributed by atoms with Crippen LogP contribution in [0.5, 0.6) is 0 Å². The third-order valence-corrected chi connectivity index (χ3v) is 3.99. The van der Waals surface area contributed by atoms with Crippen molar-refractivity contribution in [1.82, 2.24) is 9.78 Å². The van der Waals surface area contributed by atoms with E-state index in [2.05, 4.69) is 26.3 Å². The molecule has 1 heterocycles. The third kappa shape index (κ3) is 4.20. The summed E-state index contributed by atoms with van der Waals surface area (Å²) in [6.07, 6.45) is 0. The Hall–Kier alpha value is -2.87. The molecule has 1 amide bonds. The van der Waals surface area contributed by atoms with Crippen LogP contribution in [0.1, 0.15) is 16.1 Å². The maximum absolute atomic E-state index is 13.8. The first-order valence-electron chi connectivity index (χ1n) is 7.51. The van der Waals surface area contributed by atoms with Gasteiger partial charge in [-0.2, -0.15) is 5.10 Å². The van der Waals surface area contributed by atoms with Crippen LogP contribution in [0.3, 0.4) is 0 Å². The summed E-state index contributed by atoms with van der Waals surface area (Å²) in [5, 5.41) is 6.38. The van der Waals surface area contributed by atoms with Gasteiger partial charge in [0.2, 0.25) is 0 Å². The minimum Gasteiger partial charge on any atom is -0.318 e. The topological polar surface area (TPSA) is 64.0 Å². The summed E-state index contributed by atoms with van der Waals surface area (Å²) in [5.41, 5.74) is 0.00273. The van der Waals surface area contributed by atoms with Crippen molar-refractivity contribution >= 4 is 27.5 Å². The Kier molecular flexibility index (Phi) is 5.22. The van der Waals surface area contributed by atoms with Gasteiger partial charge in [0.05, 0.1) is 12.2 Å². The molecular formula is C18H12BrF2N3O2. The number of carbonyl (C=O) groups excluding carboxylic acids is 1. The maximum Gasteiger partial charge on any atom is 0.276 e. The molecule has 8 heteroatoms. The molecule has 26 heavy (non-hydrogen) atoms. The monoisotopic (exact) mass is 419 g/mol. The number of hydrogen-bond acceptors (Lipinski definition) is 3. The Morgan fingerprint density at radius 3 is 2.65 bits per heavy atom. The first kappa shape index (κ1) is 17.9. The van der Waals surface area contributed by atoms with E-state index in [1.165, 1.54) is 42.5 Å². The van der Waals surface area contributed by atoms with Crippen molar-refractivity contribution in [2.24, 2.45) is 0 Å². The van der Waals surface area contributed by atoms with Crippen LogP contribution in [-0.2, 0) is 6.54 Å². The molecule has 0 atom stereocenters. The molecular weight excluding hydrogens is 408 g/mol. The van der Waals surface area contributed by atoms with Gasteiger partial charge in [-0.15, -0.1) is 0 Å². The lowest BCUT2D eigenvalue weighted by atomic mass is 10.2. The Bertz CT molecular complexity index is 1040. The highest BCUT2D eigenvalue weighted by molar-refractivity contribution is 9.10. The molecule has 0 aliphatic heterocycles. The number of hydrogen-bond donors (Lipinski definition) is 1. The number of aromatic nitrogens is 2. The smallest absolute Gasteiger partial charge is 0.276 e. The zero-order valence-electron chi connectivity index (χ0n) is 13.2.